The number of rotatable bonds is 4. The Kier molecular flexibility index (Phi) is 4.86. The van der Waals surface area contributed by atoms with Crippen LogP contribution < -0.4 is 0 Å². The number of hydrogen-bond acceptors (Lipinski definition) is 4. The highest BCUT2D eigenvalue weighted by Gasteiger charge is 2.29. The number of hydrogen-bond donors (Lipinski definition) is 0. The number of imidazole rings is 1. The Balaban J connectivity index is 1.60. The molecule has 2 aliphatic heterocycles. The van der Waals surface area contributed by atoms with Crippen molar-refractivity contribution in [1.82, 2.24) is 18.8 Å². The molecule has 6 nitrogen and oxygen atoms in total. The van der Waals surface area contributed by atoms with Crippen LogP contribution in [0.15, 0.2) is 35.5 Å². The molecule has 2 aromatic rings. The molecular formula is C19H26N4O2S. The fourth-order valence-electron chi connectivity index (χ4n) is 3.84. The summed E-state index contributed by atoms with van der Waals surface area (Å²) >= 11 is 0. The van der Waals surface area contributed by atoms with Crippen molar-refractivity contribution in [2.75, 3.05) is 19.6 Å². The third-order valence-electron chi connectivity index (χ3n) is 5.40. The Morgan fingerprint density at radius 3 is 2.46 bits per heavy atom. The molecule has 0 saturated carbocycles. The van der Waals surface area contributed by atoms with Gasteiger partial charge in [0, 0.05) is 19.6 Å². The molecule has 0 amide bonds. The van der Waals surface area contributed by atoms with Crippen molar-refractivity contribution < 1.29 is 8.42 Å². The van der Waals surface area contributed by atoms with Crippen LogP contribution in [0.5, 0.6) is 0 Å². The summed E-state index contributed by atoms with van der Waals surface area (Å²) in [6.07, 6.45) is 5.16. The van der Waals surface area contributed by atoms with Crippen molar-refractivity contribution in [2.24, 2.45) is 0 Å². The maximum Gasteiger partial charge on any atom is 0.243 e. The lowest BCUT2D eigenvalue weighted by Gasteiger charge is -2.21. The zero-order chi connectivity index (χ0) is 18.1. The van der Waals surface area contributed by atoms with Crippen molar-refractivity contribution in [3.8, 4) is 0 Å². The van der Waals surface area contributed by atoms with Crippen LogP contribution in [0.4, 0.5) is 0 Å². The first-order valence-electron chi connectivity index (χ1n) is 9.36. The Bertz CT molecular complexity index is 867. The lowest BCUT2D eigenvalue weighted by atomic mass is 10.2. The molecule has 0 bridgehead atoms. The van der Waals surface area contributed by atoms with Gasteiger partial charge >= 0.3 is 0 Å². The molecule has 1 fully saturated rings. The molecule has 0 aliphatic carbocycles. The molecule has 140 valence electrons. The molecule has 0 spiro atoms. The fourth-order valence-corrected chi connectivity index (χ4v) is 5.28. The maximum atomic E-state index is 13.1. The second-order valence-electron chi connectivity index (χ2n) is 7.32. The lowest BCUT2D eigenvalue weighted by Crippen LogP contribution is -2.31. The second kappa shape index (κ2) is 7.13. The average molecular weight is 375 g/mol. The quantitative estimate of drug-likeness (QED) is 0.824. The van der Waals surface area contributed by atoms with Gasteiger partial charge in [-0.1, -0.05) is 17.7 Å². The van der Waals surface area contributed by atoms with E-state index < -0.39 is 10.0 Å². The lowest BCUT2D eigenvalue weighted by molar-refractivity contribution is 0.324. The smallest absolute Gasteiger partial charge is 0.243 e. The summed E-state index contributed by atoms with van der Waals surface area (Å²) in [6, 6.07) is 7.12. The summed E-state index contributed by atoms with van der Waals surface area (Å²) < 4.78 is 30.0. The van der Waals surface area contributed by atoms with Gasteiger partial charge in [-0.2, -0.15) is 4.31 Å². The zero-order valence-electron chi connectivity index (χ0n) is 15.3. The summed E-state index contributed by atoms with van der Waals surface area (Å²) in [5.74, 6) is 0. The van der Waals surface area contributed by atoms with Gasteiger partial charge in [0.15, 0.2) is 0 Å². The van der Waals surface area contributed by atoms with Gasteiger partial charge in [0.2, 0.25) is 10.0 Å². The predicted molar refractivity (Wildman–Crippen MR) is 100 cm³/mol. The number of nitrogens with zero attached hydrogens (tertiary/aromatic N) is 4. The van der Waals surface area contributed by atoms with E-state index in [1.807, 2.05) is 25.4 Å². The molecule has 4 rings (SSSR count). The van der Waals surface area contributed by atoms with Crippen LogP contribution >= 0.6 is 0 Å². The van der Waals surface area contributed by atoms with Crippen molar-refractivity contribution in [3.63, 3.8) is 0 Å². The van der Waals surface area contributed by atoms with Gasteiger partial charge in [0.25, 0.3) is 0 Å². The molecule has 0 N–H and O–H groups in total. The molecule has 2 aliphatic rings. The van der Waals surface area contributed by atoms with Crippen molar-refractivity contribution in [1.29, 1.82) is 0 Å². The SMILES string of the molecule is Cc1ccc(S(=O)(=O)N2CCCn3cnc(CN4CCCC4)c3C2)cc1. The van der Waals surface area contributed by atoms with Gasteiger partial charge in [0.1, 0.15) is 0 Å². The van der Waals surface area contributed by atoms with Crippen LogP contribution in [0, 0.1) is 6.92 Å². The van der Waals surface area contributed by atoms with E-state index in [2.05, 4.69) is 14.5 Å². The monoisotopic (exact) mass is 374 g/mol. The summed E-state index contributed by atoms with van der Waals surface area (Å²) in [4.78, 5) is 7.39. The average Bonchev–Trinajstić information content (AvgIpc) is 3.20. The Hall–Kier alpha value is -1.70. The van der Waals surface area contributed by atoms with E-state index in [1.165, 1.54) is 12.8 Å². The van der Waals surface area contributed by atoms with E-state index in [-0.39, 0.29) is 0 Å². The van der Waals surface area contributed by atoms with Crippen LogP contribution in [0.25, 0.3) is 0 Å². The third kappa shape index (κ3) is 3.43. The highest BCUT2D eigenvalue weighted by molar-refractivity contribution is 7.89. The Morgan fingerprint density at radius 2 is 1.73 bits per heavy atom. The third-order valence-corrected chi connectivity index (χ3v) is 7.26. The summed E-state index contributed by atoms with van der Waals surface area (Å²) in [7, 11) is -3.49. The molecule has 0 unspecified atom stereocenters. The fraction of sp³-hybridized carbons (Fsp3) is 0.526. The first-order valence-corrected chi connectivity index (χ1v) is 10.8. The van der Waals surface area contributed by atoms with Crippen LogP contribution in [0.1, 0.15) is 36.2 Å². The second-order valence-corrected chi connectivity index (χ2v) is 9.26. The largest absolute Gasteiger partial charge is 0.333 e. The van der Waals surface area contributed by atoms with E-state index in [0.29, 0.717) is 18.0 Å². The number of sulfonamides is 1. The highest BCUT2D eigenvalue weighted by Crippen LogP contribution is 2.24. The summed E-state index contributed by atoms with van der Waals surface area (Å²) in [5.41, 5.74) is 3.13. The molecule has 26 heavy (non-hydrogen) atoms. The van der Waals surface area contributed by atoms with Crippen LogP contribution in [0.3, 0.4) is 0 Å². The minimum atomic E-state index is -3.49. The van der Waals surface area contributed by atoms with E-state index in [9.17, 15) is 8.42 Å². The van der Waals surface area contributed by atoms with Crippen LogP contribution in [-0.2, 0) is 29.7 Å². The number of aryl methyl sites for hydroxylation is 2. The molecule has 7 heteroatoms. The van der Waals surface area contributed by atoms with Gasteiger partial charge in [0.05, 0.1) is 29.2 Å². The van der Waals surface area contributed by atoms with Crippen molar-refractivity contribution in [2.45, 2.75) is 50.7 Å². The first-order chi connectivity index (χ1) is 12.5. The number of likely N-dealkylation sites (tertiary alicyclic amines) is 1. The van der Waals surface area contributed by atoms with Gasteiger partial charge in [-0.3, -0.25) is 4.90 Å². The number of aromatic nitrogens is 2. The van der Waals surface area contributed by atoms with E-state index in [0.717, 1.165) is 49.6 Å². The molecule has 0 atom stereocenters. The first kappa shape index (κ1) is 17.7. The topological polar surface area (TPSA) is 58.4 Å². The van der Waals surface area contributed by atoms with Gasteiger partial charge < -0.3 is 4.57 Å². The number of benzene rings is 1. The maximum absolute atomic E-state index is 13.1. The van der Waals surface area contributed by atoms with E-state index in [4.69, 9.17) is 0 Å². The van der Waals surface area contributed by atoms with Gasteiger partial charge in [-0.25, -0.2) is 13.4 Å². The van der Waals surface area contributed by atoms with Gasteiger partial charge in [-0.15, -0.1) is 0 Å². The molecule has 1 saturated heterocycles. The minimum absolute atomic E-state index is 0.372. The normalized spacial score (nSPS) is 19.4. The van der Waals surface area contributed by atoms with Crippen LogP contribution in [-0.4, -0.2) is 46.8 Å². The van der Waals surface area contributed by atoms with Crippen molar-refractivity contribution >= 4 is 10.0 Å². The molecule has 1 aromatic heterocycles. The molecule has 0 radical (unpaired) electrons. The van der Waals surface area contributed by atoms with E-state index in [1.54, 1.807) is 16.4 Å². The van der Waals surface area contributed by atoms with Crippen LogP contribution in [0.2, 0.25) is 0 Å². The number of fused-ring (bicyclic) bond motifs is 1. The molecule has 1 aromatic carbocycles. The standard InChI is InChI=1S/C19H26N4O2S/c1-16-5-7-17(8-6-16)26(24,25)23-12-4-11-22-15-20-18(19(22)14-23)13-21-9-2-3-10-21/h5-8,15H,2-4,9-14H2,1H3. The summed E-state index contributed by atoms with van der Waals surface area (Å²) in [6.45, 7) is 6.77. The Morgan fingerprint density at radius 1 is 1.00 bits per heavy atom. The molecular weight excluding hydrogens is 348 g/mol. The van der Waals surface area contributed by atoms with E-state index >= 15 is 0 Å². The Labute approximate surface area is 155 Å². The summed E-state index contributed by atoms with van der Waals surface area (Å²) in [5, 5.41) is 0. The predicted octanol–water partition coefficient (Wildman–Crippen LogP) is 2.38. The van der Waals surface area contributed by atoms with Gasteiger partial charge in [-0.05, 0) is 51.4 Å². The molecule has 3 heterocycles. The minimum Gasteiger partial charge on any atom is -0.333 e. The zero-order valence-corrected chi connectivity index (χ0v) is 16.1. The van der Waals surface area contributed by atoms with Crippen molar-refractivity contribution in [3.05, 3.63) is 47.5 Å². The highest BCUT2D eigenvalue weighted by atomic mass is 32.2.